The highest BCUT2D eigenvalue weighted by molar-refractivity contribution is 7.89. The third-order valence-electron chi connectivity index (χ3n) is 2.36. The largest absolute Gasteiger partial charge is 0.490 e. The van der Waals surface area contributed by atoms with Gasteiger partial charge in [-0.25, -0.2) is 13.1 Å². The van der Waals surface area contributed by atoms with Crippen molar-refractivity contribution >= 4 is 10.0 Å². The number of hydrogen-bond acceptors (Lipinski definition) is 4. The van der Waals surface area contributed by atoms with Crippen LogP contribution in [-0.2, 0) is 10.0 Å². The molecule has 0 unspecified atom stereocenters. The Balaban J connectivity index is 2.36. The zero-order chi connectivity index (χ0) is 12.3. The zero-order valence-electron chi connectivity index (χ0n) is 9.60. The van der Waals surface area contributed by atoms with Gasteiger partial charge in [0.15, 0.2) is 11.5 Å². The molecular formula is C11H15NO4S. The van der Waals surface area contributed by atoms with E-state index >= 15 is 0 Å². The van der Waals surface area contributed by atoms with Gasteiger partial charge in [-0.3, -0.25) is 0 Å². The summed E-state index contributed by atoms with van der Waals surface area (Å²) in [6.07, 6.45) is 0.796. The van der Waals surface area contributed by atoms with Crippen LogP contribution in [0.1, 0.15) is 13.3 Å². The first-order chi connectivity index (χ1) is 8.13. The van der Waals surface area contributed by atoms with Gasteiger partial charge in [0.2, 0.25) is 10.0 Å². The molecule has 1 heterocycles. The second kappa shape index (κ2) is 4.93. The number of sulfonamides is 1. The molecule has 0 aliphatic carbocycles. The van der Waals surface area contributed by atoms with Crippen LogP contribution >= 0.6 is 0 Å². The van der Waals surface area contributed by atoms with E-state index in [2.05, 4.69) is 4.72 Å². The molecule has 0 spiro atoms. The first kappa shape index (κ1) is 12.2. The Bertz CT molecular complexity index is 498. The molecule has 1 aromatic rings. The highest BCUT2D eigenvalue weighted by atomic mass is 32.2. The summed E-state index contributed by atoms with van der Waals surface area (Å²) in [6, 6.07) is 4.65. The van der Waals surface area contributed by atoms with Crippen molar-refractivity contribution in [1.82, 2.24) is 4.72 Å². The predicted octanol–water partition coefficient (Wildman–Crippen LogP) is 1.15. The van der Waals surface area contributed by atoms with Gasteiger partial charge in [0, 0.05) is 19.0 Å². The van der Waals surface area contributed by atoms with E-state index in [1.165, 1.54) is 12.1 Å². The number of benzene rings is 1. The second-order valence-corrected chi connectivity index (χ2v) is 5.43. The molecule has 0 aromatic heterocycles. The molecule has 0 radical (unpaired) electrons. The zero-order valence-corrected chi connectivity index (χ0v) is 10.4. The van der Waals surface area contributed by atoms with Crippen molar-refractivity contribution in [2.45, 2.75) is 18.2 Å². The van der Waals surface area contributed by atoms with Gasteiger partial charge in [-0.2, -0.15) is 0 Å². The van der Waals surface area contributed by atoms with Crippen molar-refractivity contribution in [1.29, 1.82) is 0 Å². The van der Waals surface area contributed by atoms with Crippen LogP contribution in [0.2, 0.25) is 0 Å². The van der Waals surface area contributed by atoms with E-state index in [1.54, 1.807) is 13.0 Å². The molecule has 0 fully saturated rings. The smallest absolute Gasteiger partial charge is 0.240 e. The average molecular weight is 257 g/mol. The summed E-state index contributed by atoms with van der Waals surface area (Å²) < 4.78 is 36.9. The molecule has 94 valence electrons. The molecule has 17 heavy (non-hydrogen) atoms. The lowest BCUT2D eigenvalue weighted by atomic mass is 10.3. The summed E-state index contributed by atoms with van der Waals surface area (Å²) in [7, 11) is -3.44. The fraction of sp³-hybridized carbons (Fsp3) is 0.455. The van der Waals surface area contributed by atoms with Crippen molar-refractivity contribution in [2.24, 2.45) is 0 Å². The maximum atomic E-state index is 11.8. The molecule has 0 atom stereocenters. The van der Waals surface area contributed by atoms with Crippen LogP contribution in [-0.4, -0.2) is 28.2 Å². The molecule has 1 aliphatic heterocycles. The first-order valence-corrected chi connectivity index (χ1v) is 7.01. The van der Waals surface area contributed by atoms with E-state index in [0.717, 1.165) is 6.42 Å². The Kier molecular flexibility index (Phi) is 3.54. The normalized spacial score (nSPS) is 15.4. The number of hydrogen-bond donors (Lipinski definition) is 1. The van der Waals surface area contributed by atoms with Crippen molar-refractivity contribution in [2.75, 3.05) is 19.8 Å². The summed E-state index contributed by atoms with van der Waals surface area (Å²) in [5, 5.41) is 0. The molecule has 0 saturated heterocycles. The molecule has 0 bridgehead atoms. The van der Waals surface area contributed by atoms with Crippen LogP contribution in [0.3, 0.4) is 0 Å². The summed E-state index contributed by atoms with van der Waals surface area (Å²) in [5.41, 5.74) is 0. The quantitative estimate of drug-likeness (QED) is 0.882. The maximum absolute atomic E-state index is 11.8. The second-order valence-electron chi connectivity index (χ2n) is 3.66. The van der Waals surface area contributed by atoms with Crippen molar-refractivity contribution < 1.29 is 17.9 Å². The first-order valence-electron chi connectivity index (χ1n) is 5.53. The van der Waals surface area contributed by atoms with Crippen molar-refractivity contribution in [3.8, 4) is 11.5 Å². The summed E-state index contributed by atoms with van der Waals surface area (Å²) in [4.78, 5) is 0.198. The third kappa shape index (κ3) is 2.70. The minimum absolute atomic E-state index is 0.198. The maximum Gasteiger partial charge on any atom is 0.240 e. The number of rotatable bonds is 3. The lowest BCUT2D eigenvalue weighted by Crippen LogP contribution is -2.23. The van der Waals surface area contributed by atoms with Gasteiger partial charge in [-0.15, -0.1) is 0 Å². The lowest BCUT2D eigenvalue weighted by Gasteiger charge is -2.09. The third-order valence-corrected chi connectivity index (χ3v) is 3.91. The van der Waals surface area contributed by atoms with Gasteiger partial charge in [0.25, 0.3) is 0 Å². The van der Waals surface area contributed by atoms with E-state index in [4.69, 9.17) is 9.47 Å². The predicted molar refractivity (Wildman–Crippen MR) is 62.9 cm³/mol. The molecule has 1 N–H and O–H groups in total. The average Bonchev–Trinajstić information content (AvgIpc) is 2.52. The molecule has 6 heteroatoms. The Hall–Kier alpha value is -1.27. The van der Waals surface area contributed by atoms with Crippen LogP contribution < -0.4 is 14.2 Å². The van der Waals surface area contributed by atoms with Crippen LogP contribution in [0.15, 0.2) is 23.1 Å². The topological polar surface area (TPSA) is 64.6 Å². The van der Waals surface area contributed by atoms with E-state index in [9.17, 15) is 8.42 Å². The van der Waals surface area contributed by atoms with Gasteiger partial charge < -0.3 is 9.47 Å². The van der Waals surface area contributed by atoms with Crippen LogP contribution in [0.4, 0.5) is 0 Å². The minimum Gasteiger partial charge on any atom is -0.490 e. The van der Waals surface area contributed by atoms with E-state index in [-0.39, 0.29) is 4.90 Å². The lowest BCUT2D eigenvalue weighted by molar-refractivity contribution is 0.297. The van der Waals surface area contributed by atoms with Gasteiger partial charge in [0.05, 0.1) is 18.1 Å². The van der Waals surface area contributed by atoms with Crippen molar-refractivity contribution in [3.05, 3.63) is 18.2 Å². The Morgan fingerprint density at radius 2 is 1.94 bits per heavy atom. The molecule has 1 aliphatic rings. The van der Waals surface area contributed by atoms with E-state index in [0.29, 0.717) is 31.3 Å². The Morgan fingerprint density at radius 1 is 1.24 bits per heavy atom. The molecular weight excluding hydrogens is 242 g/mol. The Labute approximate surface area is 101 Å². The van der Waals surface area contributed by atoms with Crippen LogP contribution in [0.25, 0.3) is 0 Å². The standard InChI is InChI=1S/C11H15NO4S/c1-2-12-17(13,14)9-4-5-10-11(8-9)16-7-3-6-15-10/h4-5,8,12H,2-3,6-7H2,1H3. The van der Waals surface area contributed by atoms with E-state index < -0.39 is 10.0 Å². The molecule has 0 amide bonds. The highest BCUT2D eigenvalue weighted by Gasteiger charge is 2.17. The van der Waals surface area contributed by atoms with Crippen molar-refractivity contribution in [3.63, 3.8) is 0 Å². The fourth-order valence-electron chi connectivity index (χ4n) is 1.58. The molecule has 0 saturated carbocycles. The number of nitrogens with one attached hydrogen (secondary N) is 1. The molecule has 2 rings (SSSR count). The number of ether oxygens (including phenoxy) is 2. The summed E-state index contributed by atoms with van der Waals surface area (Å²) in [6.45, 7) is 3.22. The number of fused-ring (bicyclic) bond motifs is 1. The van der Waals surface area contributed by atoms with Gasteiger partial charge in [-0.05, 0) is 12.1 Å². The Morgan fingerprint density at radius 3 is 2.65 bits per heavy atom. The van der Waals surface area contributed by atoms with Gasteiger partial charge >= 0.3 is 0 Å². The van der Waals surface area contributed by atoms with Crippen LogP contribution in [0, 0.1) is 0 Å². The van der Waals surface area contributed by atoms with E-state index in [1.807, 2.05) is 0 Å². The van der Waals surface area contributed by atoms with Gasteiger partial charge in [-0.1, -0.05) is 6.92 Å². The monoisotopic (exact) mass is 257 g/mol. The van der Waals surface area contributed by atoms with Crippen LogP contribution in [0.5, 0.6) is 11.5 Å². The van der Waals surface area contributed by atoms with Gasteiger partial charge in [0.1, 0.15) is 0 Å². The highest BCUT2D eigenvalue weighted by Crippen LogP contribution is 2.31. The SMILES string of the molecule is CCNS(=O)(=O)c1ccc2c(c1)OCCCO2. The molecule has 5 nitrogen and oxygen atoms in total. The minimum atomic E-state index is -3.44. The fourth-order valence-corrected chi connectivity index (χ4v) is 2.64. The molecule has 1 aromatic carbocycles. The summed E-state index contributed by atoms with van der Waals surface area (Å²) in [5.74, 6) is 1.08. The summed E-state index contributed by atoms with van der Waals surface area (Å²) >= 11 is 0.